The average Bonchev–Trinajstić information content (AvgIpc) is 2.44. The zero-order valence-corrected chi connectivity index (χ0v) is 12.3. The number of hydrogen-bond donors (Lipinski definition) is 1. The maximum atomic E-state index is 3.72. The van der Waals surface area contributed by atoms with Crippen LogP contribution in [-0.4, -0.2) is 36.8 Å². The molecule has 3 heteroatoms. The van der Waals surface area contributed by atoms with Crippen molar-refractivity contribution in [3.8, 4) is 0 Å². The van der Waals surface area contributed by atoms with Crippen molar-refractivity contribution in [3.05, 3.63) is 29.8 Å². The monoisotopic (exact) mass is 264 g/mol. The van der Waals surface area contributed by atoms with E-state index in [1.807, 2.05) is 11.8 Å². The Kier molecular flexibility index (Phi) is 5.54. The zero-order valence-electron chi connectivity index (χ0n) is 11.5. The highest BCUT2D eigenvalue weighted by molar-refractivity contribution is 7.99. The molecule has 1 atom stereocenters. The van der Waals surface area contributed by atoms with Gasteiger partial charge in [0.2, 0.25) is 0 Å². The molecule has 18 heavy (non-hydrogen) atoms. The number of benzene rings is 1. The fourth-order valence-electron chi connectivity index (χ4n) is 2.49. The summed E-state index contributed by atoms with van der Waals surface area (Å²) in [6.45, 7) is 9.00. The van der Waals surface area contributed by atoms with Crippen LogP contribution in [0.5, 0.6) is 0 Å². The summed E-state index contributed by atoms with van der Waals surface area (Å²) in [5, 5.41) is 3.72. The number of rotatable bonds is 6. The third-order valence-electron chi connectivity index (χ3n) is 3.67. The lowest BCUT2D eigenvalue weighted by molar-refractivity contribution is 0.295. The van der Waals surface area contributed by atoms with Gasteiger partial charge in [0, 0.05) is 24.0 Å². The predicted molar refractivity (Wildman–Crippen MR) is 80.3 cm³/mol. The molecule has 1 aromatic carbocycles. The zero-order chi connectivity index (χ0) is 12.8. The molecule has 2 rings (SSSR count). The molecule has 1 aromatic rings. The first-order chi connectivity index (χ1) is 8.85. The highest BCUT2D eigenvalue weighted by Crippen LogP contribution is 2.35. The van der Waals surface area contributed by atoms with Gasteiger partial charge < -0.3 is 10.2 Å². The van der Waals surface area contributed by atoms with Crippen LogP contribution in [0.1, 0.15) is 31.9 Å². The second-order valence-corrected chi connectivity index (χ2v) is 5.85. The van der Waals surface area contributed by atoms with Gasteiger partial charge in [-0.3, -0.25) is 0 Å². The van der Waals surface area contributed by atoms with Crippen LogP contribution in [0.15, 0.2) is 29.2 Å². The molecule has 0 spiro atoms. The Balaban J connectivity index is 1.87. The van der Waals surface area contributed by atoms with Crippen LogP contribution in [0.2, 0.25) is 0 Å². The minimum atomic E-state index is 0.554. The first-order valence-electron chi connectivity index (χ1n) is 7.02. The van der Waals surface area contributed by atoms with E-state index in [0.29, 0.717) is 6.04 Å². The first-order valence-corrected chi connectivity index (χ1v) is 8.01. The molecule has 2 nitrogen and oxygen atoms in total. The SMILES string of the molecule is CCN(CC)CCNC1CCSc2ccccc21. The van der Waals surface area contributed by atoms with Crippen molar-refractivity contribution in [3.63, 3.8) is 0 Å². The quantitative estimate of drug-likeness (QED) is 0.849. The van der Waals surface area contributed by atoms with Crippen molar-refractivity contribution in [2.45, 2.75) is 31.2 Å². The molecular formula is C15H24N2S. The Morgan fingerprint density at radius 2 is 2.06 bits per heavy atom. The summed E-state index contributed by atoms with van der Waals surface area (Å²) >= 11 is 1.99. The van der Waals surface area contributed by atoms with Crippen molar-refractivity contribution in [1.29, 1.82) is 0 Å². The van der Waals surface area contributed by atoms with Gasteiger partial charge in [0.05, 0.1) is 0 Å². The number of fused-ring (bicyclic) bond motifs is 1. The smallest absolute Gasteiger partial charge is 0.0339 e. The maximum absolute atomic E-state index is 3.72. The normalized spacial score (nSPS) is 18.9. The van der Waals surface area contributed by atoms with Gasteiger partial charge in [0.15, 0.2) is 0 Å². The first kappa shape index (κ1) is 13.9. The van der Waals surface area contributed by atoms with Gasteiger partial charge in [0.25, 0.3) is 0 Å². The van der Waals surface area contributed by atoms with Crippen LogP contribution in [0.4, 0.5) is 0 Å². The number of thioether (sulfide) groups is 1. The van der Waals surface area contributed by atoms with Crippen molar-refractivity contribution in [1.82, 2.24) is 10.2 Å². The Morgan fingerprint density at radius 1 is 1.28 bits per heavy atom. The Hall–Kier alpha value is -0.510. The van der Waals surface area contributed by atoms with Crippen LogP contribution in [0, 0.1) is 0 Å². The van der Waals surface area contributed by atoms with E-state index in [1.54, 1.807) is 0 Å². The van der Waals surface area contributed by atoms with Crippen LogP contribution >= 0.6 is 11.8 Å². The Labute approximate surface area is 115 Å². The minimum absolute atomic E-state index is 0.554. The summed E-state index contributed by atoms with van der Waals surface area (Å²) in [5.41, 5.74) is 1.49. The standard InChI is InChI=1S/C15H24N2S/c1-3-17(4-2)11-10-16-14-9-12-18-15-8-6-5-7-13(14)15/h5-8,14,16H,3-4,9-12H2,1-2H3. The highest BCUT2D eigenvalue weighted by Gasteiger charge is 2.19. The summed E-state index contributed by atoms with van der Waals surface area (Å²) in [6.07, 6.45) is 1.25. The van der Waals surface area contributed by atoms with Gasteiger partial charge >= 0.3 is 0 Å². The lowest BCUT2D eigenvalue weighted by Gasteiger charge is -2.27. The third-order valence-corrected chi connectivity index (χ3v) is 4.79. The maximum Gasteiger partial charge on any atom is 0.0339 e. The van der Waals surface area contributed by atoms with E-state index >= 15 is 0 Å². The molecule has 0 aliphatic carbocycles. The van der Waals surface area contributed by atoms with E-state index < -0.39 is 0 Å². The second kappa shape index (κ2) is 7.17. The predicted octanol–water partition coefficient (Wildman–Crippen LogP) is 3.15. The van der Waals surface area contributed by atoms with E-state index in [1.165, 1.54) is 22.6 Å². The van der Waals surface area contributed by atoms with Crippen molar-refractivity contribution in [2.75, 3.05) is 31.9 Å². The Morgan fingerprint density at radius 3 is 2.83 bits per heavy atom. The van der Waals surface area contributed by atoms with Gasteiger partial charge in [-0.15, -0.1) is 11.8 Å². The van der Waals surface area contributed by atoms with Crippen LogP contribution in [0.3, 0.4) is 0 Å². The summed E-state index contributed by atoms with van der Waals surface area (Å²) < 4.78 is 0. The third kappa shape index (κ3) is 3.50. The molecule has 1 aliphatic heterocycles. The van der Waals surface area contributed by atoms with Crippen LogP contribution < -0.4 is 5.32 Å². The summed E-state index contributed by atoms with van der Waals surface area (Å²) in [4.78, 5) is 3.93. The molecule has 1 unspecified atom stereocenters. The van der Waals surface area contributed by atoms with Crippen LogP contribution in [0.25, 0.3) is 0 Å². The minimum Gasteiger partial charge on any atom is -0.309 e. The Bertz CT molecular complexity index is 363. The summed E-state index contributed by atoms with van der Waals surface area (Å²) in [6, 6.07) is 9.38. The lowest BCUT2D eigenvalue weighted by Crippen LogP contribution is -2.34. The molecule has 0 fully saturated rings. The van der Waals surface area contributed by atoms with E-state index in [9.17, 15) is 0 Å². The number of nitrogens with one attached hydrogen (secondary N) is 1. The van der Waals surface area contributed by atoms with Crippen molar-refractivity contribution < 1.29 is 0 Å². The molecule has 0 amide bonds. The summed E-state index contributed by atoms with van der Waals surface area (Å²) in [7, 11) is 0. The molecule has 0 aromatic heterocycles. The number of likely N-dealkylation sites (N-methyl/N-ethyl adjacent to an activating group) is 1. The largest absolute Gasteiger partial charge is 0.309 e. The molecule has 1 N–H and O–H groups in total. The highest BCUT2D eigenvalue weighted by atomic mass is 32.2. The van der Waals surface area contributed by atoms with Crippen molar-refractivity contribution >= 4 is 11.8 Å². The molecule has 1 heterocycles. The van der Waals surface area contributed by atoms with E-state index in [-0.39, 0.29) is 0 Å². The lowest BCUT2D eigenvalue weighted by atomic mass is 10.0. The fourth-order valence-corrected chi connectivity index (χ4v) is 3.62. The topological polar surface area (TPSA) is 15.3 Å². The summed E-state index contributed by atoms with van der Waals surface area (Å²) in [5.74, 6) is 1.24. The van der Waals surface area contributed by atoms with Gasteiger partial charge in [-0.2, -0.15) is 0 Å². The number of nitrogens with zero attached hydrogens (tertiary/aromatic N) is 1. The van der Waals surface area contributed by atoms with Gasteiger partial charge in [-0.1, -0.05) is 32.0 Å². The second-order valence-electron chi connectivity index (χ2n) is 4.71. The molecule has 1 aliphatic rings. The molecule has 0 radical (unpaired) electrons. The molecule has 0 saturated carbocycles. The molecule has 0 saturated heterocycles. The van der Waals surface area contributed by atoms with Gasteiger partial charge in [-0.25, -0.2) is 0 Å². The molecule has 100 valence electrons. The fraction of sp³-hybridized carbons (Fsp3) is 0.600. The molecular weight excluding hydrogens is 240 g/mol. The van der Waals surface area contributed by atoms with Gasteiger partial charge in [-0.05, 0) is 36.9 Å². The average molecular weight is 264 g/mol. The van der Waals surface area contributed by atoms with Crippen LogP contribution in [-0.2, 0) is 0 Å². The number of hydrogen-bond acceptors (Lipinski definition) is 3. The van der Waals surface area contributed by atoms with E-state index in [0.717, 1.165) is 26.2 Å². The molecule has 0 bridgehead atoms. The van der Waals surface area contributed by atoms with E-state index in [4.69, 9.17) is 0 Å². The van der Waals surface area contributed by atoms with Gasteiger partial charge in [0.1, 0.15) is 0 Å². The van der Waals surface area contributed by atoms with E-state index in [2.05, 4.69) is 48.3 Å². The van der Waals surface area contributed by atoms with Crippen molar-refractivity contribution in [2.24, 2.45) is 0 Å².